The number of likely N-dealkylation sites (N-methyl/N-ethyl adjacent to an activating group) is 1. The number of esters is 2. The molecule has 0 aliphatic carbocycles. The minimum Gasteiger partial charge on any atom is -0.545 e. The maximum absolute atomic E-state index is 12.8. The number of ether oxygens (including phenoxy) is 4. The van der Waals surface area contributed by atoms with Crippen molar-refractivity contribution in [3.63, 3.8) is 0 Å². The Balaban J connectivity index is 3.89. The number of carboxylic acids is 1. The Labute approximate surface area is 476 Å². The second kappa shape index (κ2) is 59.4. The fourth-order valence-corrected chi connectivity index (χ4v) is 9.55. The van der Waals surface area contributed by atoms with Gasteiger partial charge in [-0.3, -0.25) is 9.59 Å². The smallest absolute Gasteiger partial charge is 0.306 e. The lowest BCUT2D eigenvalue weighted by Crippen LogP contribution is -2.44. The van der Waals surface area contributed by atoms with Gasteiger partial charge in [0.15, 0.2) is 12.4 Å². The molecule has 77 heavy (non-hydrogen) atoms. The van der Waals surface area contributed by atoms with Gasteiger partial charge >= 0.3 is 11.9 Å². The lowest BCUT2D eigenvalue weighted by molar-refractivity contribution is -0.870. The van der Waals surface area contributed by atoms with Crippen LogP contribution >= 0.6 is 0 Å². The standard InChI is InChI=1S/C68H125NO8/c1-6-8-10-12-14-16-18-20-21-22-23-24-25-26-27-28-29-30-31-32-33-34-35-36-37-38-39-40-41-42-43-44-45-47-48-50-52-54-56-58-65(70)75-62-64(63-76-68(67(72)73)74-61-60-69(3,4)5)77-66(71)59-57-55-53-51-49-46-19-17-15-13-11-9-7-2/h9,11,15,17,22-23,46,49,64,68H,6-8,10,12-14,16,18-21,24-45,47-48,50-63H2,1-5H3/b11-9-,17-15-,23-22-,49-46-. The monoisotopic (exact) mass is 1080 g/mol. The Morgan fingerprint density at radius 1 is 0.403 bits per heavy atom. The number of hydrogen-bond acceptors (Lipinski definition) is 8. The van der Waals surface area contributed by atoms with Crippen molar-refractivity contribution in [2.75, 3.05) is 47.5 Å². The maximum atomic E-state index is 12.8. The topological polar surface area (TPSA) is 111 Å². The van der Waals surface area contributed by atoms with E-state index in [1.165, 1.54) is 218 Å². The molecule has 0 aliphatic heterocycles. The number of unbranched alkanes of at least 4 members (excludes halogenated alkanes) is 38. The van der Waals surface area contributed by atoms with Crippen molar-refractivity contribution < 1.29 is 42.9 Å². The summed E-state index contributed by atoms with van der Waals surface area (Å²) in [6.45, 7) is 4.62. The molecule has 0 fully saturated rings. The highest BCUT2D eigenvalue weighted by atomic mass is 16.7. The number of carbonyl (C=O) groups is 3. The zero-order chi connectivity index (χ0) is 56.2. The fourth-order valence-electron chi connectivity index (χ4n) is 9.55. The van der Waals surface area contributed by atoms with E-state index in [0.29, 0.717) is 17.4 Å². The van der Waals surface area contributed by atoms with Crippen molar-refractivity contribution in [2.24, 2.45) is 0 Å². The largest absolute Gasteiger partial charge is 0.545 e. The van der Waals surface area contributed by atoms with Crippen LogP contribution in [0.25, 0.3) is 0 Å². The maximum Gasteiger partial charge on any atom is 0.306 e. The molecule has 0 radical (unpaired) electrons. The fraction of sp³-hybridized carbons (Fsp3) is 0.838. The third-order valence-corrected chi connectivity index (χ3v) is 14.6. The van der Waals surface area contributed by atoms with E-state index in [1.54, 1.807) is 0 Å². The van der Waals surface area contributed by atoms with Crippen molar-refractivity contribution in [3.8, 4) is 0 Å². The van der Waals surface area contributed by atoms with Crippen LogP contribution in [0, 0.1) is 0 Å². The molecule has 450 valence electrons. The molecule has 0 bridgehead atoms. The summed E-state index contributed by atoms with van der Waals surface area (Å²) < 4.78 is 22.6. The van der Waals surface area contributed by atoms with Crippen molar-refractivity contribution in [2.45, 2.75) is 322 Å². The highest BCUT2D eigenvalue weighted by Gasteiger charge is 2.22. The zero-order valence-corrected chi connectivity index (χ0v) is 51.3. The Hall–Kier alpha value is -2.75. The lowest BCUT2D eigenvalue weighted by atomic mass is 10.0. The van der Waals surface area contributed by atoms with E-state index in [-0.39, 0.29) is 38.6 Å². The molecule has 2 unspecified atom stereocenters. The van der Waals surface area contributed by atoms with Crippen LogP contribution in [0.5, 0.6) is 0 Å². The Morgan fingerprint density at radius 3 is 1.13 bits per heavy atom. The first-order chi connectivity index (χ1) is 37.6. The summed E-state index contributed by atoms with van der Waals surface area (Å²) in [7, 11) is 5.91. The van der Waals surface area contributed by atoms with Gasteiger partial charge in [-0.2, -0.15) is 0 Å². The van der Waals surface area contributed by atoms with Crippen molar-refractivity contribution in [1.29, 1.82) is 0 Å². The van der Waals surface area contributed by atoms with Crippen LogP contribution < -0.4 is 5.11 Å². The van der Waals surface area contributed by atoms with Gasteiger partial charge in [-0.15, -0.1) is 0 Å². The van der Waals surface area contributed by atoms with E-state index < -0.39 is 24.3 Å². The number of hydrogen-bond donors (Lipinski definition) is 0. The minimum absolute atomic E-state index is 0.142. The Morgan fingerprint density at radius 2 is 0.740 bits per heavy atom. The van der Waals surface area contributed by atoms with Gasteiger partial charge in [-0.25, -0.2) is 0 Å². The molecule has 9 nitrogen and oxygen atoms in total. The summed E-state index contributed by atoms with van der Waals surface area (Å²) in [5, 5.41) is 11.8. The van der Waals surface area contributed by atoms with Gasteiger partial charge in [-0.05, 0) is 70.6 Å². The number of aliphatic carboxylic acids is 1. The third kappa shape index (κ3) is 60.7. The number of carboxylic acid groups (broad SMARTS) is 1. The Kier molecular flexibility index (Phi) is 57.3. The van der Waals surface area contributed by atoms with Crippen molar-refractivity contribution >= 4 is 17.9 Å². The van der Waals surface area contributed by atoms with Crippen LogP contribution in [0.15, 0.2) is 48.6 Å². The summed E-state index contributed by atoms with van der Waals surface area (Å²) in [6.07, 6.45) is 72.3. The Bertz CT molecular complexity index is 1400. The predicted octanol–water partition coefficient (Wildman–Crippen LogP) is 18.5. The van der Waals surface area contributed by atoms with E-state index in [2.05, 4.69) is 62.5 Å². The van der Waals surface area contributed by atoms with E-state index in [4.69, 9.17) is 18.9 Å². The molecule has 2 atom stereocenters. The molecule has 0 rings (SSSR count). The molecular formula is C68H125NO8. The van der Waals surface area contributed by atoms with Gasteiger partial charge in [0.05, 0.1) is 40.3 Å². The molecular weight excluding hydrogens is 959 g/mol. The number of nitrogens with zero attached hydrogens (tertiary/aromatic N) is 1. The lowest BCUT2D eigenvalue weighted by Gasteiger charge is -2.26. The number of rotatable bonds is 61. The average Bonchev–Trinajstić information content (AvgIpc) is 3.40. The van der Waals surface area contributed by atoms with Crippen LogP contribution in [0.1, 0.15) is 309 Å². The van der Waals surface area contributed by atoms with Crippen LogP contribution in [0.2, 0.25) is 0 Å². The molecule has 0 aromatic heterocycles. The zero-order valence-electron chi connectivity index (χ0n) is 51.3. The van der Waals surface area contributed by atoms with Gasteiger partial charge in [0.1, 0.15) is 13.2 Å². The quantitative estimate of drug-likeness (QED) is 0.0195. The highest BCUT2D eigenvalue weighted by molar-refractivity contribution is 5.70. The summed E-state index contributed by atoms with van der Waals surface area (Å²) in [4.78, 5) is 37.2. The molecule has 0 aromatic rings. The van der Waals surface area contributed by atoms with Crippen LogP contribution in [0.4, 0.5) is 0 Å². The third-order valence-electron chi connectivity index (χ3n) is 14.6. The van der Waals surface area contributed by atoms with Crippen molar-refractivity contribution in [3.05, 3.63) is 48.6 Å². The number of allylic oxidation sites excluding steroid dienone is 8. The number of quaternary nitrogens is 1. The van der Waals surface area contributed by atoms with E-state index in [9.17, 15) is 19.5 Å². The highest BCUT2D eigenvalue weighted by Crippen LogP contribution is 2.18. The van der Waals surface area contributed by atoms with Crippen LogP contribution in [-0.2, 0) is 33.3 Å². The van der Waals surface area contributed by atoms with Gasteiger partial charge in [0, 0.05) is 12.8 Å². The average molecular weight is 1080 g/mol. The predicted molar refractivity (Wildman–Crippen MR) is 325 cm³/mol. The van der Waals surface area contributed by atoms with Gasteiger partial charge < -0.3 is 33.3 Å². The minimum atomic E-state index is -1.63. The number of carbonyl (C=O) groups excluding carboxylic acids is 3. The molecule has 0 N–H and O–H groups in total. The summed E-state index contributed by atoms with van der Waals surface area (Å²) >= 11 is 0. The van der Waals surface area contributed by atoms with Crippen LogP contribution in [-0.4, -0.2) is 82.3 Å². The molecule has 0 aliphatic rings. The van der Waals surface area contributed by atoms with E-state index >= 15 is 0 Å². The van der Waals surface area contributed by atoms with Gasteiger partial charge in [-0.1, -0.05) is 274 Å². The molecule has 0 heterocycles. The second-order valence-corrected chi connectivity index (χ2v) is 23.4. The van der Waals surface area contributed by atoms with Gasteiger partial charge in [0.2, 0.25) is 0 Å². The first kappa shape index (κ1) is 74.2. The summed E-state index contributed by atoms with van der Waals surface area (Å²) in [6, 6.07) is 0. The second-order valence-electron chi connectivity index (χ2n) is 23.4. The van der Waals surface area contributed by atoms with Gasteiger partial charge in [0.25, 0.3) is 0 Å². The van der Waals surface area contributed by atoms with Crippen molar-refractivity contribution in [1.82, 2.24) is 0 Å². The van der Waals surface area contributed by atoms with Crippen LogP contribution in [0.3, 0.4) is 0 Å². The molecule has 0 spiro atoms. The normalized spacial score (nSPS) is 13.0. The first-order valence-corrected chi connectivity index (χ1v) is 32.8. The molecule has 0 saturated heterocycles. The summed E-state index contributed by atoms with van der Waals surface area (Å²) in [5.74, 6) is -2.31. The van der Waals surface area contributed by atoms with E-state index in [1.807, 2.05) is 21.1 Å². The summed E-state index contributed by atoms with van der Waals surface area (Å²) in [5.41, 5.74) is 0. The molecule has 0 aromatic carbocycles. The molecule has 0 amide bonds. The molecule has 9 heteroatoms. The first-order valence-electron chi connectivity index (χ1n) is 32.8. The van der Waals surface area contributed by atoms with E-state index in [0.717, 1.165) is 57.8 Å². The molecule has 0 saturated carbocycles. The SMILES string of the molecule is CC/C=C\C/C=C\C/C=C\CCCCCC(=O)OC(COC(=O)CCCCCCCCCCCCCCCCCCCCCCCCCCCCC/C=C\CCCCCCCCCC)COC(OCC[N+](C)(C)C)C(=O)[O-].